The summed E-state index contributed by atoms with van der Waals surface area (Å²) in [6.45, 7) is 4.60. The number of benzene rings is 1. The standard InChI is InChI=1S/C19H25N3O5S/c1-4-26-18(23)13-7-9-21(10-8-13)12-22-19(28)27-17(20-22)14-5-6-15(24-2)16(11-14)25-3/h5-6,11,13H,4,7-10,12H2,1-3H3/p+1. The number of ether oxygens (including phenoxy) is 3. The van der Waals surface area contributed by atoms with Gasteiger partial charge in [-0.25, -0.2) is 0 Å². The van der Waals surface area contributed by atoms with Crippen molar-refractivity contribution in [1.29, 1.82) is 0 Å². The number of piperidine rings is 1. The van der Waals surface area contributed by atoms with Crippen molar-refractivity contribution in [2.45, 2.75) is 26.4 Å². The molecule has 0 radical (unpaired) electrons. The van der Waals surface area contributed by atoms with Crippen LogP contribution in [0.1, 0.15) is 19.8 Å². The average molecular weight is 409 g/mol. The number of quaternary nitrogens is 1. The number of likely N-dealkylation sites (tertiary alicyclic amines) is 1. The van der Waals surface area contributed by atoms with Crippen LogP contribution in [0.3, 0.4) is 0 Å². The predicted octanol–water partition coefficient (Wildman–Crippen LogP) is 1.71. The van der Waals surface area contributed by atoms with Crippen LogP contribution >= 0.6 is 12.2 Å². The minimum Gasteiger partial charge on any atom is -0.493 e. The Hall–Kier alpha value is -2.39. The first kappa shape index (κ1) is 20.3. The maximum absolute atomic E-state index is 11.9. The van der Waals surface area contributed by atoms with Crippen molar-refractivity contribution in [3.05, 3.63) is 23.0 Å². The topological polar surface area (TPSA) is 80.2 Å². The molecule has 1 aromatic carbocycles. The van der Waals surface area contributed by atoms with Gasteiger partial charge < -0.3 is 23.5 Å². The largest absolute Gasteiger partial charge is 0.493 e. The summed E-state index contributed by atoms with van der Waals surface area (Å²) < 4.78 is 23.1. The lowest BCUT2D eigenvalue weighted by atomic mass is 9.97. The lowest BCUT2D eigenvalue weighted by Gasteiger charge is -2.27. The highest BCUT2D eigenvalue weighted by Gasteiger charge is 2.29. The average Bonchev–Trinajstić information content (AvgIpc) is 3.08. The van der Waals surface area contributed by atoms with Crippen molar-refractivity contribution in [3.8, 4) is 23.0 Å². The molecule has 1 aliphatic heterocycles. The number of carbonyl (C=O) groups is 1. The van der Waals surface area contributed by atoms with Crippen LogP contribution in [0.5, 0.6) is 11.5 Å². The normalized spacial score (nSPS) is 19.2. The summed E-state index contributed by atoms with van der Waals surface area (Å²) in [6.07, 6.45) is 1.61. The molecular formula is C19H26N3O5S+. The van der Waals surface area contributed by atoms with Crippen LogP contribution in [0.15, 0.2) is 22.6 Å². The number of aromatic nitrogens is 2. The summed E-state index contributed by atoms with van der Waals surface area (Å²) >= 11 is 5.34. The molecule has 8 nitrogen and oxygen atoms in total. The second kappa shape index (κ2) is 9.20. The maximum Gasteiger partial charge on any atom is 0.309 e. The van der Waals surface area contributed by atoms with Crippen LogP contribution in [0.4, 0.5) is 0 Å². The van der Waals surface area contributed by atoms with E-state index in [1.165, 1.54) is 4.90 Å². The zero-order chi connectivity index (χ0) is 20.1. The van der Waals surface area contributed by atoms with Gasteiger partial charge in [-0.3, -0.25) is 4.79 Å². The molecule has 28 heavy (non-hydrogen) atoms. The highest BCUT2D eigenvalue weighted by molar-refractivity contribution is 7.71. The summed E-state index contributed by atoms with van der Waals surface area (Å²) in [4.78, 5) is 13.5. The molecule has 1 N–H and O–H groups in total. The van der Waals surface area contributed by atoms with E-state index in [0.717, 1.165) is 31.5 Å². The third-order valence-electron chi connectivity index (χ3n) is 4.92. The fraction of sp³-hybridized carbons (Fsp3) is 0.526. The summed E-state index contributed by atoms with van der Waals surface area (Å²) in [5.41, 5.74) is 0.763. The SMILES string of the molecule is CCOC(=O)C1CC[NH+](Cn2nc(-c3ccc(OC)c(OC)c3)oc2=S)CC1. The number of hydrogen-bond acceptors (Lipinski definition) is 7. The van der Waals surface area contributed by atoms with Gasteiger partial charge in [0, 0.05) is 18.4 Å². The van der Waals surface area contributed by atoms with E-state index in [-0.39, 0.29) is 11.9 Å². The molecule has 3 rings (SSSR count). The number of esters is 1. The van der Waals surface area contributed by atoms with Gasteiger partial charge in [-0.2, -0.15) is 4.68 Å². The van der Waals surface area contributed by atoms with Crippen molar-refractivity contribution >= 4 is 18.2 Å². The Morgan fingerprint density at radius 1 is 1.29 bits per heavy atom. The summed E-state index contributed by atoms with van der Waals surface area (Å²) in [5.74, 6) is 1.58. The molecule has 152 valence electrons. The van der Waals surface area contributed by atoms with E-state index in [4.69, 9.17) is 30.8 Å². The van der Waals surface area contributed by atoms with Crippen LogP contribution in [-0.2, 0) is 16.2 Å². The quantitative estimate of drug-likeness (QED) is 0.552. The lowest BCUT2D eigenvalue weighted by molar-refractivity contribution is -0.929. The first-order chi connectivity index (χ1) is 13.5. The number of rotatable bonds is 7. The Morgan fingerprint density at radius 3 is 2.64 bits per heavy atom. The Balaban J connectivity index is 1.67. The van der Waals surface area contributed by atoms with Crippen LogP contribution in [0, 0.1) is 10.8 Å². The smallest absolute Gasteiger partial charge is 0.309 e. The third-order valence-corrected chi connectivity index (χ3v) is 5.22. The van der Waals surface area contributed by atoms with Crippen molar-refractivity contribution < 1.29 is 28.3 Å². The van der Waals surface area contributed by atoms with Gasteiger partial charge >= 0.3 is 5.97 Å². The van der Waals surface area contributed by atoms with E-state index in [0.29, 0.717) is 35.5 Å². The monoisotopic (exact) mass is 408 g/mol. The van der Waals surface area contributed by atoms with Gasteiger partial charge in [0.05, 0.1) is 39.8 Å². The minimum absolute atomic E-state index is 0.00342. The number of nitrogens with one attached hydrogen (secondary N) is 1. The van der Waals surface area contributed by atoms with Crippen LogP contribution < -0.4 is 14.4 Å². The van der Waals surface area contributed by atoms with Crippen molar-refractivity contribution in [2.75, 3.05) is 33.9 Å². The maximum atomic E-state index is 11.9. The highest BCUT2D eigenvalue weighted by atomic mass is 32.1. The van der Waals surface area contributed by atoms with Crippen LogP contribution in [-0.4, -0.2) is 49.7 Å². The Labute approximate surface area is 169 Å². The molecule has 0 saturated carbocycles. The van der Waals surface area contributed by atoms with E-state index in [1.807, 2.05) is 19.1 Å². The van der Waals surface area contributed by atoms with Gasteiger partial charge in [-0.05, 0) is 37.3 Å². The molecule has 1 fully saturated rings. The molecule has 0 atom stereocenters. The Kier molecular flexibility index (Phi) is 6.69. The first-order valence-corrected chi connectivity index (χ1v) is 9.77. The predicted molar refractivity (Wildman–Crippen MR) is 104 cm³/mol. The summed E-state index contributed by atoms with van der Waals surface area (Å²) in [6, 6.07) is 5.46. The molecular weight excluding hydrogens is 382 g/mol. The van der Waals surface area contributed by atoms with Crippen LogP contribution in [0.25, 0.3) is 11.5 Å². The zero-order valence-corrected chi connectivity index (χ0v) is 17.2. The van der Waals surface area contributed by atoms with E-state index in [1.54, 1.807) is 25.0 Å². The fourth-order valence-electron chi connectivity index (χ4n) is 3.38. The van der Waals surface area contributed by atoms with Crippen LogP contribution in [0.2, 0.25) is 0 Å². The molecule has 1 saturated heterocycles. The third kappa shape index (κ3) is 4.53. The molecule has 0 aliphatic carbocycles. The van der Waals surface area contributed by atoms with Gasteiger partial charge in [0.1, 0.15) is 0 Å². The molecule has 1 aliphatic rings. The highest BCUT2D eigenvalue weighted by Crippen LogP contribution is 2.31. The lowest BCUT2D eigenvalue weighted by Crippen LogP contribution is -3.12. The van der Waals surface area contributed by atoms with Crippen molar-refractivity contribution in [3.63, 3.8) is 0 Å². The second-order valence-corrected chi connectivity index (χ2v) is 7.03. The molecule has 9 heteroatoms. The number of methoxy groups -OCH3 is 2. The van der Waals surface area contributed by atoms with E-state index >= 15 is 0 Å². The van der Waals surface area contributed by atoms with Gasteiger partial charge in [-0.15, -0.1) is 5.10 Å². The molecule has 0 amide bonds. The minimum atomic E-state index is -0.0877. The Morgan fingerprint density at radius 2 is 2.00 bits per heavy atom. The number of hydrogen-bond donors (Lipinski definition) is 1. The second-order valence-electron chi connectivity index (χ2n) is 6.68. The fourth-order valence-corrected chi connectivity index (χ4v) is 3.57. The van der Waals surface area contributed by atoms with Gasteiger partial charge in [-0.1, -0.05) is 0 Å². The Bertz CT molecular complexity index is 871. The van der Waals surface area contributed by atoms with E-state index in [2.05, 4.69) is 5.10 Å². The molecule has 2 aromatic rings. The van der Waals surface area contributed by atoms with E-state index in [9.17, 15) is 4.79 Å². The summed E-state index contributed by atoms with van der Waals surface area (Å²) in [7, 11) is 3.17. The van der Waals surface area contributed by atoms with Gasteiger partial charge in [0.2, 0.25) is 5.89 Å². The van der Waals surface area contributed by atoms with Crippen molar-refractivity contribution in [2.24, 2.45) is 5.92 Å². The van der Waals surface area contributed by atoms with Gasteiger partial charge in [0.15, 0.2) is 18.2 Å². The molecule has 2 heterocycles. The van der Waals surface area contributed by atoms with E-state index < -0.39 is 0 Å². The van der Waals surface area contributed by atoms with Crippen molar-refractivity contribution in [1.82, 2.24) is 9.78 Å². The zero-order valence-electron chi connectivity index (χ0n) is 16.4. The summed E-state index contributed by atoms with van der Waals surface area (Å²) in [5, 5.41) is 4.53. The molecule has 0 spiro atoms. The number of nitrogens with zero attached hydrogens (tertiary/aromatic N) is 2. The molecule has 0 bridgehead atoms. The molecule has 0 unspecified atom stereocenters. The first-order valence-electron chi connectivity index (χ1n) is 9.36. The number of carbonyl (C=O) groups excluding carboxylic acids is 1. The van der Waals surface area contributed by atoms with Gasteiger partial charge in [0.25, 0.3) is 4.84 Å². The molecule has 1 aromatic heterocycles.